The first-order valence-electron chi connectivity index (χ1n) is 8.01. The Kier molecular flexibility index (Phi) is 5.77. The highest BCUT2D eigenvalue weighted by atomic mass is 16.5. The topological polar surface area (TPSA) is 47.0 Å². The Hall–Kier alpha value is -1.16. The SMILES string of the molecule is CCCNc1cc(CCC)nc(C(OCC)C2CC2)n1. The van der Waals surface area contributed by atoms with Gasteiger partial charge >= 0.3 is 0 Å². The van der Waals surface area contributed by atoms with E-state index in [-0.39, 0.29) is 6.10 Å². The number of hydrogen-bond donors (Lipinski definition) is 1. The maximum atomic E-state index is 5.89. The molecule has 1 N–H and O–H groups in total. The number of ether oxygens (including phenoxy) is 1. The molecule has 2 rings (SSSR count). The molecule has 1 aromatic heterocycles. The largest absolute Gasteiger partial charge is 0.370 e. The van der Waals surface area contributed by atoms with Crippen LogP contribution in [-0.4, -0.2) is 23.1 Å². The minimum Gasteiger partial charge on any atom is -0.370 e. The van der Waals surface area contributed by atoms with E-state index in [1.165, 1.54) is 12.8 Å². The molecule has 20 heavy (non-hydrogen) atoms. The molecule has 0 bridgehead atoms. The maximum Gasteiger partial charge on any atom is 0.160 e. The van der Waals surface area contributed by atoms with E-state index in [9.17, 15) is 0 Å². The van der Waals surface area contributed by atoms with Gasteiger partial charge < -0.3 is 10.1 Å². The van der Waals surface area contributed by atoms with Crippen LogP contribution < -0.4 is 5.32 Å². The molecule has 1 aliphatic carbocycles. The average molecular weight is 277 g/mol. The Labute approximate surface area is 122 Å². The van der Waals surface area contributed by atoms with Crippen LogP contribution in [0.1, 0.15) is 64.1 Å². The van der Waals surface area contributed by atoms with Crippen molar-refractivity contribution >= 4 is 5.82 Å². The second kappa shape index (κ2) is 7.58. The lowest BCUT2D eigenvalue weighted by Gasteiger charge is -2.17. The van der Waals surface area contributed by atoms with Crippen molar-refractivity contribution in [2.45, 2.75) is 59.0 Å². The van der Waals surface area contributed by atoms with Crippen molar-refractivity contribution in [1.29, 1.82) is 0 Å². The highest BCUT2D eigenvalue weighted by molar-refractivity contribution is 5.36. The summed E-state index contributed by atoms with van der Waals surface area (Å²) in [5, 5.41) is 3.38. The molecule has 0 radical (unpaired) electrons. The Morgan fingerprint density at radius 2 is 2.05 bits per heavy atom. The molecule has 1 atom stereocenters. The predicted octanol–water partition coefficient (Wildman–Crippen LogP) is 3.74. The molecule has 1 unspecified atom stereocenters. The van der Waals surface area contributed by atoms with Gasteiger partial charge in [0.05, 0.1) is 0 Å². The van der Waals surface area contributed by atoms with E-state index in [1.54, 1.807) is 0 Å². The Balaban J connectivity index is 2.21. The summed E-state index contributed by atoms with van der Waals surface area (Å²) < 4.78 is 5.89. The fourth-order valence-electron chi connectivity index (χ4n) is 2.37. The summed E-state index contributed by atoms with van der Waals surface area (Å²) in [6.07, 6.45) is 5.76. The number of anilines is 1. The summed E-state index contributed by atoms with van der Waals surface area (Å²) in [5.74, 6) is 2.44. The van der Waals surface area contributed by atoms with Gasteiger partial charge in [-0.3, -0.25) is 0 Å². The van der Waals surface area contributed by atoms with Crippen LogP contribution in [-0.2, 0) is 11.2 Å². The van der Waals surface area contributed by atoms with Crippen molar-refractivity contribution in [3.63, 3.8) is 0 Å². The van der Waals surface area contributed by atoms with Gasteiger partial charge in [0.25, 0.3) is 0 Å². The first-order chi connectivity index (χ1) is 9.78. The summed E-state index contributed by atoms with van der Waals surface area (Å²) in [6, 6.07) is 2.08. The predicted molar refractivity (Wildman–Crippen MR) is 81.9 cm³/mol. The molecule has 1 aromatic rings. The highest BCUT2D eigenvalue weighted by Crippen LogP contribution is 2.42. The first-order valence-corrected chi connectivity index (χ1v) is 8.01. The molecule has 1 fully saturated rings. The van der Waals surface area contributed by atoms with Gasteiger partial charge in [-0.05, 0) is 38.5 Å². The molecule has 0 aliphatic heterocycles. The minimum absolute atomic E-state index is 0.0824. The lowest BCUT2D eigenvalue weighted by Crippen LogP contribution is -2.14. The Morgan fingerprint density at radius 1 is 1.25 bits per heavy atom. The van der Waals surface area contributed by atoms with E-state index in [2.05, 4.69) is 30.2 Å². The monoisotopic (exact) mass is 277 g/mol. The van der Waals surface area contributed by atoms with Crippen molar-refractivity contribution < 1.29 is 4.74 Å². The van der Waals surface area contributed by atoms with Gasteiger partial charge in [0.15, 0.2) is 5.82 Å². The molecule has 4 heteroatoms. The average Bonchev–Trinajstić information content (AvgIpc) is 3.27. The van der Waals surface area contributed by atoms with E-state index in [1.807, 2.05) is 6.92 Å². The molecule has 4 nitrogen and oxygen atoms in total. The quantitative estimate of drug-likeness (QED) is 0.747. The molecule has 1 heterocycles. The number of aromatic nitrogens is 2. The van der Waals surface area contributed by atoms with Crippen LogP contribution in [0.3, 0.4) is 0 Å². The smallest absolute Gasteiger partial charge is 0.160 e. The van der Waals surface area contributed by atoms with Gasteiger partial charge in [0, 0.05) is 24.9 Å². The number of hydrogen-bond acceptors (Lipinski definition) is 4. The Morgan fingerprint density at radius 3 is 2.65 bits per heavy atom. The lowest BCUT2D eigenvalue weighted by atomic mass is 10.2. The third kappa shape index (κ3) is 4.17. The zero-order valence-corrected chi connectivity index (χ0v) is 13.0. The van der Waals surface area contributed by atoms with Crippen LogP contribution in [0.25, 0.3) is 0 Å². The summed E-state index contributed by atoms with van der Waals surface area (Å²) in [7, 11) is 0. The summed E-state index contributed by atoms with van der Waals surface area (Å²) >= 11 is 0. The van der Waals surface area contributed by atoms with Crippen molar-refractivity contribution in [2.75, 3.05) is 18.5 Å². The zero-order chi connectivity index (χ0) is 14.4. The third-order valence-electron chi connectivity index (χ3n) is 3.51. The third-order valence-corrected chi connectivity index (χ3v) is 3.51. The molecule has 0 spiro atoms. The van der Waals surface area contributed by atoms with Crippen LogP contribution >= 0.6 is 0 Å². The standard InChI is InChI=1S/C16H27N3O/c1-4-7-13-11-14(17-10-5-2)19-16(18-13)15(20-6-3)12-8-9-12/h11-12,15H,4-10H2,1-3H3,(H,17,18,19). The molecular weight excluding hydrogens is 250 g/mol. The molecule has 112 valence electrons. The van der Waals surface area contributed by atoms with Gasteiger partial charge in [-0.25, -0.2) is 9.97 Å². The second-order valence-electron chi connectivity index (χ2n) is 5.49. The number of rotatable bonds is 9. The minimum atomic E-state index is 0.0824. The summed E-state index contributed by atoms with van der Waals surface area (Å²) in [5.41, 5.74) is 1.13. The van der Waals surface area contributed by atoms with Crippen LogP contribution in [0.15, 0.2) is 6.07 Å². The van der Waals surface area contributed by atoms with Crippen LogP contribution in [0.5, 0.6) is 0 Å². The molecule has 0 aromatic carbocycles. The van der Waals surface area contributed by atoms with Crippen LogP contribution in [0.4, 0.5) is 5.82 Å². The second-order valence-corrected chi connectivity index (χ2v) is 5.49. The van der Waals surface area contributed by atoms with Crippen LogP contribution in [0, 0.1) is 5.92 Å². The van der Waals surface area contributed by atoms with Crippen molar-refractivity contribution in [2.24, 2.45) is 5.92 Å². The van der Waals surface area contributed by atoms with Crippen molar-refractivity contribution in [3.05, 3.63) is 17.6 Å². The van der Waals surface area contributed by atoms with E-state index < -0.39 is 0 Å². The lowest BCUT2D eigenvalue weighted by molar-refractivity contribution is 0.0400. The molecule has 0 saturated heterocycles. The zero-order valence-electron chi connectivity index (χ0n) is 13.0. The summed E-state index contributed by atoms with van der Waals surface area (Å²) in [4.78, 5) is 9.42. The normalized spacial score (nSPS) is 16.1. The van der Waals surface area contributed by atoms with E-state index in [4.69, 9.17) is 9.72 Å². The summed E-state index contributed by atoms with van der Waals surface area (Å²) in [6.45, 7) is 8.06. The maximum absolute atomic E-state index is 5.89. The van der Waals surface area contributed by atoms with Crippen molar-refractivity contribution in [1.82, 2.24) is 9.97 Å². The van der Waals surface area contributed by atoms with Gasteiger partial charge in [0.2, 0.25) is 0 Å². The molecule has 1 saturated carbocycles. The Bertz CT molecular complexity index is 418. The van der Waals surface area contributed by atoms with Gasteiger partial charge in [0.1, 0.15) is 11.9 Å². The molecule has 0 amide bonds. The van der Waals surface area contributed by atoms with Gasteiger partial charge in [-0.1, -0.05) is 20.3 Å². The number of aryl methyl sites for hydroxylation is 1. The van der Waals surface area contributed by atoms with Crippen molar-refractivity contribution in [3.8, 4) is 0 Å². The molecular formula is C16H27N3O. The van der Waals surface area contributed by atoms with E-state index in [0.717, 1.165) is 49.8 Å². The molecule has 1 aliphatic rings. The van der Waals surface area contributed by atoms with Gasteiger partial charge in [-0.15, -0.1) is 0 Å². The van der Waals surface area contributed by atoms with Crippen LogP contribution in [0.2, 0.25) is 0 Å². The van der Waals surface area contributed by atoms with E-state index in [0.29, 0.717) is 5.92 Å². The van der Waals surface area contributed by atoms with E-state index >= 15 is 0 Å². The first kappa shape index (κ1) is 15.2. The van der Waals surface area contributed by atoms with Gasteiger partial charge in [-0.2, -0.15) is 0 Å². The fourth-order valence-corrected chi connectivity index (χ4v) is 2.37. The number of nitrogens with one attached hydrogen (secondary N) is 1. The highest BCUT2D eigenvalue weighted by Gasteiger charge is 2.35. The fraction of sp³-hybridized carbons (Fsp3) is 0.750. The number of nitrogens with zero attached hydrogens (tertiary/aromatic N) is 2.